The van der Waals surface area contributed by atoms with Gasteiger partial charge in [-0.2, -0.15) is 5.26 Å². The van der Waals surface area contributed by atoms with Crippen molar-refractivity contribution in [1.82, 2.24) is 4.90 Å². The second-order valence-corrected chi connectivity index (χ2v) is 3.07. The number of aldehydes is 1. The lowest BCUT2D eigenvalue weighted by Gasteiger charge is -2.12. The Morgan fingerprint density at radius 1 is 1.77 bits per heavy atom. The van der Waals surface area contributed by atoms with E-state index in [2.05, 4.69) is 0 Å². The summed E-state index contributed by atoms with van der Waals surface area (Å²) in [6, 6.07) is 1.87. The minimum Gasteiger partial charge on any atom is -0.465 e. The van der Waals surface area contributed by atoms with E-state index >= 15 is 0 Å². The molecule has 5 nitrogen and oxygen atoms in total. The van der Waals surface area contributed by atoms with Gasteiger partial charge in [-0.15, -0.1) is 0 Å². The number of hydrogen-bond donors (Lipinski definition) is 1. The molecule has 1 unspecified atom stereocenters. The average molecular weight is 182 g/mol. The molecular weight excluding hydrogens is 172 g/mol. The number of rotatable bonds is 2. The van der Waals surface area contributed by atoms with Gasteiger partial charge >= 0.3 is 6.09 Å². The predicted molar refractivity (Wildman–Crippen MR) is 42.9 cm³/mol. The van der Waals surface area contributed by atoms with Crippen molar-refractivity contribution in [1.29, 1.82) is 5.26 Å². The largest absolute Gasteiger partial charge is 0.465 e. The second kappa shape index (κ2) is 3.90. The molecule has 0 bridgehead atoms. The first-order valence-electron chi connectivity index (χ1n) is 4.01. The summed E-state index contributed by atoms with van der Waals surface area (Å²) in [6.45, 7) is 0.721. The molecule has 0 aromatic heterocycles. The van der Waals surface area contributed by atoms with Gasteiger partial charge in [-0.05, 0) is 6.42 Å². The van der Waals surface area contributed by atoms with Crippen LogP contribution in [0, 0.1) is 23.2 Å². The molecule has 5 heteroatoms. The van der Waals surface area contributed by atoms with Gasteiger partial charge in [-0.25, -0.2) is 4.79 Å². The fourth-order valence-corrected chi connectivity index (χ4v) is 1.50. The molecule has 0 aromatic carbocycles. The monoisotopic (exact) mass is 182 g/mol. The smallest absolute Gasteiger partial charge is 0.407 e. The van der Waals surface area contributed by atoms with E-state index in [9.17, 15) is 9.59 Å². The highest BCUT2D eigenvalue weighted by molar-refractivity contribution is 5.66. The molecule has 2 atom stereocenters. The van der Waals surface area contributed by atoms with Crippen LogP contribution in [0.4, 0.5) is 4.79 Å². The maximum absolute atomic E-state index is 10.5. The first-order valence-corrected chi connectivity index (χ1v) is 4.01. The molecule has 1 saturated heterocycles. The van der Waals surface area contributed by atoms with Crippen molar-refractivity contribution in [2.45, 2.75) is 6.42 Å². The molecule has 1 fully saturated rings. The van der Waals surface area contributed by atoms with E-state index < -0.39 is 12.0 Å². The van der Waals surface area contributed by atoms with E-state index in [1.54, 1.807) is 0 Å². The van der Waals surface area contributed by atoms with Gasteiger partial charge in [-0.1, -0.05) is 0 Å². The fraction of sp³-hybridized carbons (Fsp3) is 0.625. The first-order chi connectivity index (χ1) is 6.19. The van der Waals surface area contributed by atoms with E-state index in [-0.39, 0.29) is 5.92 Å². The van der Waals surface area contributed by atoms with Gasteiger partial charge in [0.05, 0.1) is 6.07 Å². The highest BCUT2D eigenvalue weighted by Crippen LogP contribution is 2.22. The van der Waals surface area contributed by atoms with Crippen LogP contribution in [-0.4, -0.2) is 35.5 Å². The first kappa shape index (κ1) is 9.52. The Kier molecular flexibility index (Phi) is 2.85. The van der Waals surface area contributed by atoms with Crippen LogP contribution < -0.4 is 0 Å². The van der Waals surface area contributed by atoms with E-state index in [0.29, 0.717) is 25.8 Å². The van der Waals surface area contributed by atoms with Gasteiger partial charge in [0.1, 0.15) is 12.2 Å². The number of hydrogen-bond acceptors (Lipinski definition) is 3. The molecular formula is C8H10N2O3. The molecule has 1 rings (SSSR count). The highest BCUT2D eigenvalue weighted by atomic mass is 16.4. The van der Waals surface area contributed by atoms with Gasteiger partial charge in [0.15, 0.2) is 0 Å². The van der Waals surface area contributed by atoms with Gasteiger partial charge in [0.2, 0.25) is 0 Å². The molecule has 13 heavy (non-hydrogen) atoms. The number of carbonyl (C=O) groups is 2. The quantitative estimate of drug-likeness (QED) is 0.624. The second-order valence-electron chi connectivity index (χ2n) is 3.07. The Hall–Kier alpha value is -1.57. The Labute approximate surface area is 75.6 Å². The molecule has 0 saturated carbocycles. The van der Waals surface area contributed by atoms with Crippen molar-refractivity contribution in [2.75, 3.05) is 13.1 Å². The molecule has 0 spiro atoms. The normalized spacial score (nSPS) is 23.6. The van der Waals surface area contributed by atoms with Crippen molar-refractivity contribution >= 4 is 12.4 Å². The predicted octanol–water partition coefficient (Wildman–Crippen LogP) is 0.325. The lowest BCUT2D eigenvalue weighted by Crippen LogP contribution is -2.28. The van der Waals surface area contributed by atoms with Crippen molar-refractivity contribution in [3.05, 3.63) is 0 Å². The summed E-state index contributed by atoms with van der Waals surface area (Å²) in [4.78, 5) is 22.1. The molecule has 0 aliphatic carbocycles. The third-order valence-corrected chi connectivity index (χ3v) is 2.30. The third kappa shape index (κ3) is 1.96. The maximum atomic E-state index is 10.5. The van der Waals surface area contributed by atoms with Gasteiger partial charge in [-0.3, -0.25) is 0 Å². The summed E-state index contributed by atoms with van der Waals surface area (Å²) in [5, 5.41) is 17.2. The van der Waals surface area contributed by atoms with Crippen LogP contribution >= 0.6 is 0 Å². The minimum absolute atomic E-state index is 0.126. The Balaban J connectivity index is 2.54. The number of carboxylic acid groups (broad SMARTS) is 1. The van der Waals surface area contributed by atoms with Gasteiger partial charge in [0.25, 0.3) is 0 Å². The van der Waals surface area contributed by atoms with E-state index in [4.69, 9.17) is 10.4 Å². The number of nitrogens with zero attached hydrogens (tertiary/aromatic N) is 2. The van der Waals surface area contributed by atoms with E-state index in [1.807, 2.05) is 6.07 Å². The SMILES string of the molecule is N#C[C@H](C=O)C1CCN(C(=O)O)C1. The summed E-state index contributed by atoms with van der Waals surface area (Å²) in [7, 11) is 0. The highest BCUT2D eigenvalue weighted by Gasteiger charge is 2.31. The Bertz CT molecular complexity index is 259. The van der Waals surface area contributed by atoms with E-state index in [1.165, 1.54) is 4.90 Å². The van der Waals surface area contributed by atoms with Gasteiger partial charge in [0, 0.05) is 19.0 Å². The topological polar surface area (TPSA) is 81.4 Å². The van der Waals surface area contributed by atoms with Crippen LogP contribution in [0.2, 0.25) is 0 Å². The Morgan fingerprint density at radius 2 is 2.46 bits per heavy atom. The zero-order valence-electron chi connectivity index (χ0n) is 7.01. The number of carbonyl (C=O) groups excluding carboxylic acids is 1. The number of nitriles is 1. The molecule has 1 aliphatic rings. The maximum Gasteiger partial charge on any atom is 0.407 e. The molecule has 70 valence electrons. The average Bonchev–Trinajstić information content (AvgIpc) is 2.56. The molecule has 1 N–H and O–H groups in total. The minimum atomic E-state index is -0.981. The molecule has 0 aromatic rings. The summed E-state index contributed by atoms with van der Waals surface area (Å²) >= 11 is 0. The van der Waals surface area contributed by atoms with Crippen LogP contribution in [0.25, 0.3) is 0 Å². The van der Waals surface area contributed by atoms with Crippen LogP contribution in [0.5, 0.6) is 0 Å². The molecule has 1 amide bonds. The summed E-state index contributed by atoms with van der Waals surface area (Å²) in [5.41, 5.74) is 0. The zero-order valence-corrected chi connectivity index (χ0v) is 7.01. The van der Waals surface area contributed by atoms with Crippen LogP contribution in [0.3, 0.4) is 0 Å². The van der Waals surface area contributed by atoms with Crippen molar-refractivity contribution in [3.8, 4) is 6.07 Å². The van der Waals surface area contributed by atoms with Crippen molar-refractivity contribution < 1.29 is 14.7 Å². The summed E-state index contributed by atoms with van der Waals surface area (Å²) in [5.74, 6) is -0.789. The van der Waals surface area contributed by atoms with Crippen LogP contribution in [-0.2, 0) is 4.79 Å². The standard InChI is InChI=1S/C8H10N2O3/c9-3-7(5-11)6-1-2-10(4-6)8(12)13/h5-7H,1-2,4H2,(H,12,13)/t6?,7-/m1/s1. The number of amides is 1. The Morgan fingerprint density at radius 3 is 2.85 bits per heavy atom. The number of likely N-dealkylation sites (tertiary alicyclic amines) is 1. The summed E-state index contributed by atoms with van der Waals surface area (Å²) in [6.07, 6.45) is 0.212. The third-order valence-electron chi connectivity index (χ3n) is 2.30. The molecule has 1 heterocycles. The van der Waals surface area contributed by atoms with Crippen LogP contribution in [0.15, 0.2) is 0 Å². The molecule has 1 aliphatic heterocycles. The lowest BCUT2D eigenvalue weighted by molar-refractivity contribution is -0.110. The van der Waals surface area contributed by atoms with Crippen molar-refractivity contribution in [2.24, 2.45) is 11.8 Å². The summed E-state index contributed by atoms with van der Waals surface area (Å²) < 4.78 is 0. The van der Waals surface area contributed by atoms with E-state index in [0.717, 1.165) is 0 Å². The zero-order chi connectivity index (χ0) is 9.84. The van der Waals surface area contributed by atoms with Gasteiger partial charge < -0.3 is 14.8 Å². The molecule has 0 radical (unpaired) electrons. The fourth-order valence-electron chi connectivity index (χ4n) is 1.50. The van der Waals surface area contributed by atoms with Crippen molar-refractivity contribution in [3.63, 3.8) is 0 Å². The lowest BCUT2D eigenvalue weighted by atomic mass is 9.94. The van der Waals surface area contributed by atoms with Crippen LogP contribution in [0.1, 0.15) is 6.42 Å².